The van der Waals surface area contributed by atoms with Crippen LogP contribution >= 0.6 is 0 Å². The average Bonchev–Trinajstić information content (AvgIpc) is 3.49. The van der Waals surface area contributed by atoms with E-state index in [-0.39, 0.29) is 0 Å². The lowest BCUT2D eigenvalue weighted by atomic mass is 10.00. The summed E-state index contributed by atoms with van der Waals surface area (Å²) < 4.78 is 2.02. The number of nitrogens with two attached hydrogens (primary N) is 1. The Morgan fingerprint density at radius 2 is 1.72 bits per heavy atom. The number of amides is 1. The summed E-state index contributed by atoms with van der Waals surface area (Å²) in [6.07, 6.45) is 7.72. The molecule has 156 valence electrons. The highest BCUT2D eigenvalue weighted by atomic mass is 16.1. The molecule has 0 radical (unpaired) electrons. The molecule has 2 aromatic heterocycles. The maximum Gasteiger partial charge on any atom is 0.248 e. The number of primary amides is 1. The van der Waals surface area contributed by atoms with Gasteiger partial charge in [0.15, 0.2) is 5.66 Å². The third-order valence-electron chi connectivity index (χ3n) is 5.41. The van der Waals surface area contributed by atoms with Crippen molar-refractivity contribution in [2.45, 2.75) is 12.1 Å². The number of hydrogen-bond donors (Lipinski definition) is 1. The average molecular weight is 420 g/mol. The van der Waals surface area contributed by atoms with Crippen LogP contribution in [0.4, 0.5) is 0 Å². The van der Waals surface area contributed by atoms with Crippen LogP contribution in [0.5, 0.6) is 0 Å². The number of hydrogen-bond acceptors (Lipinski definition) is 5. The molecular formula is C25H20N6O. The zero-order valence-electron chi connectivity index (χ0n) is 17.2. The second-order valence-corrected chi connectivity index (χ2v) is 7.54. The number of benzene rings is 2. The molecule has 1 atom stereocenters. The van der Waals surface area contributed by atoms with Gasteiger partial charge in [0, 0.05) is 29.9 Å². The number of aliphatic imine (C=N–C) groups is 2. The van der Waals surface area contributed by atoms with Crippen molar-refractivity contribution >= 4 is 18.5 Å². The molecule has 0 spiro atoms. The van der Waals surface area contributed by atoms with Crippen molar-refractivity contribution in [3.8, 4) is 22.8 Å². The molecule has 4 aromatic rings. The van der Waals surface area contributed by atoms with Crippen molar-refractivity contribution in [2.75, 3.05) is 0 Å². The summed E-state index contributed by atoms with van der Waals surface area (Å²) >= 11 is 0. The van der Waals surface area contributed by atoms with Crippen molar-refractivity contribution in [1.82, 2.24) is 14.5 Å². The Labute approximate surface area is 185 Å². The predicted molar refractivity (Wildman–Crippen MR) is 125 cm³/mol. The van der Waals surface area contributed by atoms with Crippen LogP contribution in [0.25, 0.3) is 22.8 Å². The molecule has 3 heterocycles. The lowest BCUT2D eigenvalue weighted by Gasteiger charge is -2.27. The molecule has 0 aliphatic carbocycles. The molecule has 0 saturated heterocycles. The molecule has 7 nitrogen and oxygen atoms in total. The van der Waals surface area contributed by atoms with Crippen LogP contribution in [0, 0.1) is 0 Å². The van der Waals surface area contributed by atoms with Crippen LogP contribution in [-0.2, 0) is 12.1 Å². The summed E-state index contributed by atoms with van der Waals surface area (Å²) in [5, 5.41) is 0. The van der Waals surface area contributed by atoms with Crippen LogP contribution in [0.2, 0.25) is 0 Å². The van der Waals surface area contributed by atoms with Gasteiger partial charge in [-0.3, -0.25) is 14.3 Å². The normalized spacial score (nSPS) is 17.0. The van der Waals surface area contributed by atoms with Crippen molar-refractivity contribution in [3.63, 3.8) is 0 Å². The number of rotatable bonds is 6. The SMILES string of the molecule is NC(=O)c1ccc(-c2nc(-c3ccccn3)cn2C2(Cc3ccccc3)C=NC=N2)cc1. The quantitative estimate of drug-likeness (QED) is 0.515. The number of pyridine rings is 1. The Bertz CT molecular complexity index is 1300. The minimum absolute atomic E-state index is 0.441. The summed E-state index contributed by atoms with van der Waals surface area (Å²) in [7, 11) is 0. The Morgan fingerprint density at radius 3 is 2.38 bits per heavy atom. The molecule has 0 fully saturated rings. The molecule has 5 rings (SSSR count). The van der Waals surface area contributed by atoms with E-state index >= 15 is 0 Å². The van der Waals surface area contributed by atoms with Gasteiger partial charge in [0.25, 0.3) is 0 Å². The van der Waals surface area contributed by atoms with E-state index < -0.39 is 11.6 Å². The van der Waals surface area contributed by atoms with Crippen LogP contribution in [0.15, 0.2) is 95.2 Å². The van der Waals surface area contributed by atoms with Crippen LogP contribution < -0.4 is 5.73 Å². The molecule has 32 heavy (non-hydrogen) atoms. The zero-order valence-corrected chi connectivity index (χ0v) is 17.2. The molecule has 0 bridgehead atoms. The minimum atomic E-state index is -0.765. The van der Waals surface area contributed by atoms with E-state index in [4.69, 9.17) is 15.7 Å². The Kier molecular flexibility index (Phi) is 4.91. The molecule has 7 heteroatoms. The highest BCUT2D eigenvalue weighted by Gasteiger charge is 2.35. The van der Waals surface area contributed by atoms with E-state index in [1.165, 1.54) is 0 Å². The standard InChI is InChI=1S/C25H20N6O/c26-23(32)19-9-11-20(12-10-19)24-30-22(21-8-4-5-13-28-21)15-31(24)25(16-27-17-29-25)14-18-6-2-1-3-7-18/h1-13,15-17H,14H2,(H2,26,32). The molecule has 1 amide bonds. The Balaban J connectivity index is 1.67. The summed E-state index contributed by atoms with van der Waals surface area (Å²) in [5.41, 5.74) is 8.53. The summed E-state index contributed by atoms with van der Waals surface area (Å²) in [4.78, 5) is 30.0. The largest absolute Gasteiger partial charge is 0.366 e. The van der Waals surface area contributed by atoms with Gasteiger partial charge in [0.2, 0.25) is 5.91 Å². The van der Waals surface area contributed by atoms with Crippen LogP contribution in [-0.4, -0.2) is 33.0 Å². The molecule has 2 N–H and O–H groups in total. The summed E-state index contributed by atoms with van der Waals surface area (Å²) in [6.45, 7) is 0. The first-order chi connectivity index (χ1) is 15.6. The third kappa shape index (κ3) is 3.60. The van der Waals surface area contributed by atoms with Crippen LogP contribution in [0.3, 0.4) is 0 Å². The van der Waals surface area contributed by atoms with Gasteiger partial charge in [0.05, 0.1) is 11.9 Å². The molecule has 0 saturated carbocycles. The van der Waals surface area contributed by atoms with E-state index in [0.29, 0.717) is 17.8 Å². The Hall–Kier alpha value is -4.39. The number of imidazole rings is 1. The van der Waals surface area contributed by atoms with Gasteiger partial charge in [0.1, 0.15) is 17.9 Å². The van der Waals surface area contributed by atoms with Crippen molar-refractivity contribution < 1.29 is 4.79 Å². The van der Waals surface area contributed by atoms with Crippen molar-refractivity contribution in [1.29, 1.82) is 0 Å². The van der Waals surface area contributed by atoms with Gasteiger partial charge in [-0.2, -0.15) is 0 Å². The second kappa shape index (κ2) is 8.03. The topological polar surface area (TPSA) is 98.5 Å². The predicted octanol–water partition coefficient (Wildman–Crippen LogP) is 3.72. The van der Waals surface area contributed by atoms with Crippen molar-refractivity contribution in [3.05, 3.63) is 96.3 Å². The second-order valence-electron chi connectivity index (χ2n) is 7.54. The maximum atomic E-state index is 11.5. The van der Waals surface area contributed by atoms with Crippen molar-refractivity contribution in [2.24, 2.45) is 15.7 Å². The summed E-state index contributed by atoms with van der Waals surface area (Å²) in [5.74, 6) is 0.227. The van der Waals surface area contributed by atoms with Gasteiger partial charge in [-0.15, -0.1) is 0 Å². The fourth-order valence-corrected chi connectivity index (χ4v) is 3.82. The Morgan fingerprint density at radius 1 is 0.938 bits per heavy atom. The monoisotopic (exact) mass is 420 g/mol. The fraction of sp³-hybridized carbons (Fsp3) is 0.0800. The highest BCUT2D eigenvalue weighted by Crippen LogP contribution is 2.33. The maximum absolute atomic E-state index is 11.5. The van der Waals surface area contributed by atoms with E-state index in [1.54, 1.807) is 24.7 Å². The zero-order chi connectivity index (χ0) is 22.0. The van der Waals surface area contributed by atoms with E-state index in [2.05, 4.69) is 22.1 Å². The summed E-state index contributed by atoms with van der Waals surface area (Å²) in [6, 6.07) is 23.0. The number of aromatic nitrogens is 3. The molecule has 1 unspecified atom stereocenters. The first-order valence-corrected chi connectivity index (χ1v) is 10.2. The minimum Gasteiger partial charge on any atom is -0.366 e. The van der Waals surface area contributed by atoms with Gasteiger partial charge in [-0.05, 0) is 29.8 Å². The lowest BCUT2D eigenvalue weighted by molar-refractivity contribution is 0.100. The van der Waals surface area contributed by atoms with Gasteiger partial charge < -0.3 is 5.73 Å². The number of carbonyl (C=O) groups is 1. The fourth-order valence-electron chi connectivity index (χ4n) is 3.82. The lowest BCUT2D eigenvalue weighted by Crippen LogP contribution is -2.34. The van der Waals surface area contributed by atoms with E-state index in [9.17, 15) is 4.79 Å². The first-order valence-electron chi connectivity index (χ1n) is 10.2. The third-order valence-corrected chi connectivity index (χ3v) is 5.41. The molecule has 1 aliphatic rings. The van der Waals surface area contributed by atoms with E-state index in [1.807, 2.05) is 65.5 Å². The van der Waals surface area contributed by atoms with Gasteiger partial charge in [-0.25, -0.2) is 15.0 Å². The number of carbonyl (C=O) groups excluding carboxylic acids is 1. The smallest absolute Gasteiger partial charge is 0.248 e. The number of nitrogens with zero attached hydrogens (tertiary/aromatic N) is 5. The molecule has 2 aromatic carbocycles. The highest BCUT2D eigenvalue weighted by molar-refractivity contribution is 5.93. The van der Waals surface area contributed by atoms with Crippen LogP contribution in [0.1, 0.15) is 15.9 Å². The van der Waals surface area contributed by atoms with E-state index in [0.717, 1.165) is 22.5 Å². The van der Waals surface area contributed by atoms with Gasteiger partial charge >= 0.3 is 0 Å². The molecule has 1 aliphatic heterocycles. The molecular weight excluding hydrogens is 400 g/mol. The van der Waals surface area contributed by atoms with Gasteiger partial charge in [-0.1, -0.05) is 48.5 Å². The first kappa shape index (κ1) is 19.6.